The van der Waals surface area contributed by atoms with Gasteiger partial charge in [-0.15, -0.1) is 0 Å². The number of aromatic nitrogens is 1. The molecule has 2 rings (SSSR count). The monoisotopic (exact) mass is 275 g/mol. The maximum Gasteiger partial charge on any atom is 0.255 e. The number of halogens is 1. The van der Waals surface area contributed by atoms with Gasteiger partial charge in [-0.25, -0.2) is 4.39 Å². The molecule has 0 aliphatic rings. The highest BCUT2D eigenvalue weighted by molar-refractivity contribution is 6.04. The zero-order chi connectivity index (χ0) is 14.5. The van der Waals surface area contributed by atoms with Crippen LogP contribution in [0.15, 0.2) is 36.5 Å². The first-order valence-corrected chi connectivity index (χ1v) is 5.94. The van der Waals surface area contributed by atoms with E-state index in [9.17, 15) is 9.18 Å². The molecule has 104 valence electrons. The molecule has 0 atom stereocenters. The molecule has 0 saturated heterocycles. The Hall–Kier alpha value is -2.47. The van der Waals surface area contributed by atoms with Crippen LogP contribution >= 0.6 is 0 Å². The summed E-state index contributed by atoms with van der Waals surface area (Å²) in [6, 6.07) is 7.22. The van der Waals surface area contributed by atoms with Crippen LogP contribution in [0.4, 0.5) is 10.1 Å². The number of rotatable bonds is 4. The van der Waals surface area contributed by atoms with Gasteiger partial charge in [0.2, 0.25) is 0 Å². The van der Waals surface area contributed by atoms with Gasteiger partial charge in [0.05, 0.1) is 18.5 Å². The van der Waals surface area contributed by atoms with Crippen molar-refractivity contribution in [1.82, 2.24) is 4.98 Å². The molecule has 0 radical (unpaired) electrons. The van der Waals surface area contributed by atoms with Gasteiger partial charge < -0.3 is 15.8 Å². The van der Waals surface area contributed by atoms with E-state index in [0.29, 0.717) is 17.0 Å². The molecule has 0 saturated carbocycles. The number of carbonyl (C=O) groups is 1. The summed E-state index contributed by atoms with van der Waals surface area (Å²) in [5.74, 6) is -0.513. The summed E-state index contributed by atoms with van der Waals surface area (Å²) in [6.45, 7) is 0.231. The second-order valence-corrected chi connectivity index (χ2v) is 4.04. The molecule has 3 N–H and O–H groups in total. The molecule has 0 fully saturated rings. The number of ether oxygens (including phenoxy) is 1. The van der Waals surface area contributed by atoms with Crippen LogP contribution in [0.25, 0.3) is 0 Å². The van der Waals surface area contributed by atoms with Gasteiger partial charge in [0.1, 0.15) is 11.6 Å². The zero-order valence-corrected chi connectivity index (χ0v) is 10.9. The first-order valence-electron chi connectivity index (χ1n) is 5.94. The van der Waals surface area contributed by atoms with E-state index in [0.717, 1.165) is 0 Å². The summed E-state index contributed by atoms with van der Waals surface area (Å²) >= 11 is 0. The molecule has 0 spiro atoms. The highest BCUT2D eigenvalue weighted by atomic mass is 19.1. The predicted octanol–water partition coefficient (Wildman–Crippen LogP) is 1.94. The normalized spacial score (nSPS) is 10.2. The molecule has 20 heavy (non-hydrogen) atoms. The van der Waals surface area contributed by atoms with Crippen LogP contribution in [-0.4, -0.2) is 18.0 Å². The second-order valence-electron chi connectivity index (χ2n) is 4.04. The number of benzene rings is 1. The van der Waals surface area contributed by atoms with Crippen molar-refractivity contribution in [2.24, 2.45) is 5.73 Å². The van der Waals surface area contributed by atoms with Crippen molar-refractivity contribution in [2.45, 2.75) is 6.54 Å². The second kappa shape index (κ2) is 6.12. The van der Waals surface area contributed by atoms with Gasteiger partial charge in [-0.05, 0) is 24.3 Å². The van der Waals surface area contributed by atoms with Gasteiger partial charge in [0.15, 0.2) is 0 Å². The molecular formula is C14H14FN3O2. The van der Waals surface area contributed by atoms with Crippen LogP contribution < -0.4 is 15.8 Å². The Morgan fingerprint density at radius 2 is 2.20 bits per heavy atom. The van der Waals surface area contributed by atoms with Crippen molar-refractivity contribution in [3.63, 3.8) is 0 Å². The summed E-state index contributed by atoms with van der Waals surface area (Å²) < 4.78 is 18.6. The number of hydrogen-bond acceptors (Lipinski definition) is 4. The third kappa shape index (κ3) is 3.10. The molecule has 1 aromatic carbocycles. The zero-order valence-electron chi connectivity index (χ0n) is 10.9. The first kappa shape index (κ1) is 14.0. The molecule has 1 amide bonds. The van der Waals surface area contributed by atoms with Crippen molar-refractivity contribution in [3.05, 3.63) is 53.6 Å². The van der Waals surface area contributed by atoms with Crippen LogP contribution in [0.2, 0.25) is 0 Å². The van der Waals surface area contributed by atoms with E-state index >= 15 is 0 Å². The first-order chi connectivity index (χ1) is 9.63. The van der Waals surface area contributed by atoms with Gasteiger partial charge >= 0.3 is 0 Å². The van der Waals surface area contributed by atoms with E-state index in [1.165, 1.54) is 37.6 Å². The Labute approximate surface area is 115 Å². The van der Waals surface area contributed by atoms with E-state index in [1.54, 1.807) is 6.07 Å². The minimum atomic E-state index is -0.535. The van der Waals surface area contributed by atoms with E-state index in [2.05, 4.69) is 10.3 Å². The number of pyridine rings is 1. The maximum absolute atomic E-state index is 13.6. The predicted molar refractivity (Wildman–Crippen MR) is 73.0 cm³/mol. The van der Waals surface area contributed by atoms with E-state index in [4.69, 9.17) is 10.5 Å². The number of anilines is 1. The quantitative estimate of drug-likeness (QED) is 0.894. The summed E-state index contributed by atoms with van der Waals surface area (Å²) in [5, 5.41) is 2.49. The summed E-state index contributed by atoms with van der Waals surface area (Å²) in [4.78, 5) is 16.0. The number of methoxy groups -OCH3 is 1. The van der Waals surface area contributed by atoms with Gasteiger partial charge in [-0.1, -0.05) is 0 Å². The average molecular weight is 275 g/mol. The lowest BCUT2D eigenvalue weighted by Gasteiger charge is -2.08. The molecular weight excluding hydrogens is 261 g/mol. The van der Waals surface area contributed by atoms with Crippen molar-refractivity contribution < 1.29 is 13.9 Å². The molecule has 0 aliphatic carbocycles. The van der Waals surface area contributed by atoms with E-state index in [-0.39, 0.29) is 12.2 Å². The summed E-state index contributed by atoms with van der Waals surface area (Å²) in [6.07, 6.45) is 1.49. The molecule has 5 nitrogen and oxygen atoms in total. The molecule has 0 aliphatic heterocycles. The van der Waals surface area contributed by atoms with Crippen LogP contribution in [-0.2, 0) is 6.54 Å². The Bertz CT molecular complexity index is 632. The summed E-state index contributed by atoms with van der Waals surface area (Å²) in [5.41, 5.74) is 6.47. The fourth-order valence-electron chi connectivity index (χ4n) is 1.65. The molecule has 2 aromatic rings. The highest BCUT2D eigenvalue weighted by Gasteiger charge is 2.11. The topological polar surface area (TPSA) is 77.2 Å². The Morgan fingerprint density at radius 1 is 1.40 bits per heavy atom. The molecule has 6 heteroatoms. The summed E-state index contributed by atoms with van der Waals surface area (Å²) in [7, 11) is 1.47. The van der Waals surface area contributed by atoms with Crippen molar-refractivity contribution in [1.29, 1.82) is 0 Å². The van der Waals surface area contributed by atoms with Crippen LogP contribution in [0.1, 0.15) is 16.1 Å². The fraction of sp³-hybridized carbons (Fsp3) is 0.143. The number of nitrogens with one attached hydrogen (secondary N) is 1. The van der Waals surface area contributed by atoms with Gasteiger partial charge in [0, 0.05) is 24.4 Å². The molecule has 1 aromatic heterocycles. The number of hydrogen-bond donors (Lipinski definition) is 2. The number of nitrogens with two attached hydrogens (primary N) is 1. The molecule has 0 bridgehead atoms. The van der Waals surface area contributed by atoms with Crippen molar-refractivity contribution >= 4 is 11.6 Å². The lowest BCUT2D eigenvalue weighted by molar-refractivity contribution is 0.102. The van der Waals surface area contributed by atoms with E-state index in [1.807, 2.05) is 0 Å². The van der Waals surface area contributed by atoms with Crippen LogP contribution in [0.5, 0.6) is 5.75 Å². The van der Waals surface area contributed by atoms with E-state index < -0.39 is 11.7 Å². The minimum Gasteiger partial charge on any atom is -0.497 e. The maximum atomic E-state index is 13.6. The van der Waals surface area contributed by atoms with Crippen LogP contribution in [0, 0.1) is 5.82 Å². The minimum absolute atomic E-state index is 0.0560. The van der Waals surface area contributed by atoms with Crippen molar-refractivity contribution in [3.8, 4) is 5.75 Å². The number of nitrogens with zero attached hydrogens (tertiary/aromatic N) is 1. The number of carbonyl (C=O) groups excluding carboxylic acids is 1. The highest BCUT2D eigenvalue weighted by Crippen LogP contribution is 2.21. The third-order valence-electron chi connectivity index (χ3n) is 2.71. The molecule has 1 heterocycles. The van der Waals surface area contributed by atoms with Crippen molar-refractivity contribution in [2.75, 3.05) is 12.4 Å². The average Bonchev–Trinajstić information content (AvgIpc) is 2.49. The molecule has 0 unspecified atom stereocenters. The largest absolute Gasteiger partial charge is 0.497 e. The lowest BCUT2D eigenvalue weighted by Crippen LogP contribution is -2.14. The SMILES string of the molecule is COc1ccc(F)c(NC(=O)c2ccnc(CN)c2)c1. The van der Waals surface area contributed by atoms with Crippen LogP contribution in [0.3, 0.4) is 0 Å². The smallest absolute Gasteiger partial charge is 0.255 e. The third-order valence-corrected chi connectivity index (χ3v) is 2.71. The standard InChI is InChI=1S/C14H14FN3O2/c1-20-11-2-3-12(15)13(7-11)18-14(19)9-4-5-17-10(6-9)8-16/h2-7H,8,16H2,1H3,(H,18,19). The Morgan fingerprint density at radius 3 is 2.90 bits per heavy atom. The van der Waals surface area contributed by atoms with Gasteiger partial charge in [-0.3, -0.25) is 9.78 Å². The van der Waals surface area contributed by atoms with Gasteiger partial charge in [0.25, 0.3) is 5.91 Å². The number of amides is 1. The Kier molecular flexibility index (Phi) is 4.27. The lowest BCUT2D eigenvalue weighted by atomic mass is 10.2. The fourth-order valence-corrected chi connectivity index (χ4v) is 1.65. The Balaban J connectivity index is 2.22. The van der Waals surface area contributed by atoms with Gasteiger partial charge in [-0.2, -0.15) is 0 Å².